The van der Waals surface area contributed by atoms with E-state index in [1.54, 1.807) is 37.2 Å². The number of carbonyl (C=O) groups excluding carboxylic acids is 1. The van der Waals surface area contributed by atoms with Crippen molar-refractivity contribution < 1.29 is 19.2 Å². The molecule has 0 spiro atoms. The Kier molecular flexibility index (Phi) is 6.70. The molecule has 0 atom stereocenters. The highest BCUT2D eigenvalue weighted by Gasteiger charge is 2.17. The smallest absolute Gasteiger partial charge is 0.348 e. The van der Waals surface area contributed by atoms with Crippen LogP contribution >= 0.6 is 0 Å². The van der Waals surface area contributed by atoms with E-state index in [0.29, 0.717) is 11.3 Å². The molecular formula is C15H17N3O5. The lowest BCUT2D eigenvalue weighted by Crippen LogP contribution is -2.12. The molecule has 23 heavy (non-hydrogen) atoms. The molecule has 0 saturated heterocycles. The quantitative estimate of drug-likeness (QED) is 0.188. The summed E-state index contributed by atoms with van der Waals surface area (Å²) in [7, 11) is 4.83. The average Bonchev–Trinajstić information content (AvgIpc) is 2.52. The predicted octanol–water partition coefficient (Wildman–Crippen LogP) is 1.76. The topological polar surface area (TPSA) is 106 Å². The van der Waals surface area contributed by atoms with Crippen LogP contribution < -0.4 is 4.90 Å². The van der Waals surface area contributed by atoms with Gasteiger partial charge in [-0.05, 0) is 17.7 Å². The number of ether oxygens (including phenoxy) is 2. The molecule has 0 aliphatic heterocycles. The van der Waals surface area contributed by atoms with E-state index >= 15 is 0 Å². The molecule has 0 heterocycles. The number of hydrogen-bond acceptors (Lipinski definition) is 7. The van der Waals surface area contributed by atoms with E-state index in [-0.39, 0.29) is 24.5 Å². The zero-order valence-corrected chi connectivity index (χ0v) is 13.1. The summed E-state index contributed by atoms with van der Waals surface area (Å²) >= 11 is 0. The van der Waals surface area contributed by atoms with Crippen molar-refractivity contribution in [2.24, 2.45) is 0 Å². The maximum absolute atomic E-state index is 11.7. The molecular weight excluding hydrogens is 302 g/mol. The third-order valence-corrected chi connectivity index (χ3v) is 2.85. The number of benzene rings is 1. The summed E-state index contributed by atoms with van der Waals surface area (Å²) in [4.78, 5) is 24.0. The van der Waals surface area contributed by atoms with Crippen molar-refractivity contribution in [3.05, 3.63) is 39.4 Å². The first-order chi connectivity index (χ1) is 10.9. The Labute approximate surface area is 133 Å². The fraction of sp³-hybridized carbons (Fsp3) is 0.333. The second-order valence-electron chi connectivity index (χ2n) is 4.70. The van der Waals surface area contributed by atoms with E-state index < -0.39 is 10.9 Å². The highest BCUT2D eigenvalue weighted by Crippen LogP contribution is 2.28. The second-order valence-corrected chi connectivity index (χ2v) is 4.70. The van der Waals surface area contributed by atoms with Crippen LogP contribution in [0.25, 0.3) is 6.08 Å². The van der Waals surface area contributed by atoms with Crippen molar-refractivity contribution in [2.45, 2.75) is 0 Å². The van der Waals surface area contributed by atoms with E-state index in [9.17, 15) is 14.9 Å². The van der Waals surface area contributed by atoms with Gasteiger partial charge in [0, 0.05) is 27.3 Å². The number of hydrogen-bond donors (Lipinski definition) is 0. The van der Waals surface area contributed by atoms with Crippen molar-refractivity contribution >= 4 is 23.4 Å². The minimum Gasteiger partial charge on any atom is -0.459 e. The van der Waals surface area contributed by atoms with Gasteiger partial charge in [-0.15, -0.1) is 0 Å². The first-order valence-electron chi connectivity index (χ1n) is 6.64. The first-order valence-corrected chi connectivity index (χ1v) is 6.64. The Morgan fingerprint density at radius 2 is 2.13 bits per heavy atom. The van der Waals surface area contributed by atoms with Crippen LogP contribution in [0.3, 0.4) is 0 Å². The maximum Gasteiger partial charge on any atom is 0.348 e. The van der Waals surface area contributed by atoms with Crippen molar-refractivity contribution in [3.63, 3.8) is 0 Å². The normalized spacial score (nSPS) is 10.8. The van der Waals surface area contributed by atoms with Gasteiger partial charge in [0.05, 0.1) is 11.5 Å². The molecule has 122 valence electrons. The molecule has 8 heteroatoms. The SMILES string of the molecule is COCCOC(=O)/C(C#N)=C/c1ccc(N(C)C)c([N+](=O)[O-])c1. The molecule has 0 amide bonds. The number of rotatable bonds is 7. The van der Waals surface area contributed by atoms with Gasteiger partial charge in [0.1, 0.15) is 23.9 Å². The van der Waals surface area contributed by atoms with Gasteiger partial charge >= 0.3 is 5.97 Å². The van der Waals surface area contributed by atoms with Crippen LogP contribution in [-0.4, -0.2) is 45.3 Å². The largest absolute Gasteiger partial charge is 0.459 e. The van der Waals surface area contributed by atoms with Gasteiger partial charge in [-0.1, -0.05) is 6.07 Å². The Morgan fingerprint density at radius 1 is 1.43 bits per heavy atom. The molecule has 0 saturated carbocycles. The number of methoxy groups -OCH3 is 1. The summed E-state index contributed by atoms with van der Waals surface area (Å²) in [5, 5.41) is 20.2. The molecule has 1 aromatic rings. The second kappa shape index (κ2) is 8.51. The minimum absolute atomic E-state index is 0.0219. The van der Waals surface area contributed by atoms with Crippen molar-refractivity contribution in [1.29, 1.82) is 5.26 Å². The van der Waals surface area contributed by atoms with Crippen LogP contribution in [0.5, 0.6) is 0 Å². The zero-order valence-electron chi connectivity index (χ0n) is 13.1. The number of carbonyl (C=O) groups is 1. The fourth-order valence-corrected chi connectivity index (χ4v) is 1.75. The summed E-state index contributed by atoms with van der Waals surface area (Å²) < 4.78 is 9.59. The Balaban J connectivity index is 3.09. The molecule has 8 nitrogen and oxygen atoms in total. The van der Waals surface area contributed by atoms with E-state index in [1.807, 2.05) is 0 Å². The minimum atomic E-state index is -0.802. The first kappa shape index (κ1) is 18.1. The van der Waals surface area contributed by atoms with Gasteiger partial charge in [0.15, 0.2) is 0 Å². The average molecular weight is 319 g/mol. The van der Waals surface area contributed by atoms with E-state index in [2.05, 4.69) is 0 Å². The van der Waals surface area contributed by atoms with Gasteiger partial charge in [-0.3, -0.25) is 10.1 Å². The molecule has 1 aromatic carbocycles. The van der Waals surface area contributed by atoms with Crippen LogP contribution in [0, 0.1) is 21.4 Å². The lowest BCUT2D eigenvalue weighted by Gasteiger charge is -2.12. The number of nitrogens with zero attached hydrogens (tertiary/aromatic N) is 3. The van der Waals surface area contributed by atoms with Gasteiger partial charge in [-0.2, -0.15) is 5.26 Å². The molecule has 0 N–H and O–H groups in total. The van der Waals surface area contributed by atoms with Crippen molar-refractivity contribution in [1.82, 2.24) is 0 Å². The van der Waals surface area contributed by atoms with Crippen LogP contribution in [0.4, 0.5) is 11.4 Å². The lowest BCUT2D eigenvalue weighted by atomic mass is 10.1. The van der Waals surface area contributed by atoms with Crippen molar-refractivity contribution in [2.75, 3.05) is 39.3 Å². The predicted molar refractivity (Wildman–Crippen MR) is 83.8 cm³/mol. The number of nitriles is 1. The van der Waals surface area contributed by atoms with E-state index in [4.69, 9.17) is 14.7 Å². The van der Waals surface area contributed by atoms with E-state index in [1.165, 1.54) is 19.3 Å². The van der Waals surface area contributed by atoms with Gasteiger partial charge in [0.25, 0.3) is 5.69 Å². The lowest BCUT2D eigenvalue weighted by molar-refractivity contribution is -0.384. The molecule has 0 fully saturated rings. The number of nitro benzene ring substituents is 1. The maximum atomic E-state index is 11.7. The molecule has 0 aliphatic rings. The summed E-state index contributed by atoms with van der Waals surface area (Å²) in [6.07, 6.45) is 1.25. The Hall–Kier alpha value is -2.92. The summed E-state index contributed by atoms with van der Waals surface area (Å²) in [5.74, 6) is -0.802. The summed E-state index contributed by atoms with van der Waals surface area (Å²) in [6, 6.07) is 6.17. The standard InChI is InChI=1S/C15H17N3O5/c1-17(2)13-5-4-11(9-14(13)18(20)21)8-12(10-16)15(19)23-7-6-22-3/h4-5,8-9H,6-7H2,1-3H3/b12-8+. The van der Waals surface area contributed by atoms with Gasteiger partial charge < -0.3 is 14.4 Å². The molecule has 1 rings (SSSR count). The third kappa shape index (κ3) is 5.09. The summed E-state index contributed by atoms with van der Waals surface area (Å²) in [6.45, 7) is 0.238. The Bertz CT molecular complexity index is 662. The molecule has 0 radical (unpaired) electrons. The monoisotopic (exact) mass is 319 g/mol. The van der Waals surface area contributed by atoms with Crippen LogP contribution in [0.1, 0.15) is 5.56 Å². The third-order valence-electron chi connectivity index (χ3n) is 2.85. The fourth-order valence-electron chi connectivity index (χ4n) is 1.75. The van der Waals surface area contributed by atoms with Gasteiger partial charge in [-0.25, -0.2) is 4.79 Å². The van der Waals surface area contributed by atoms with Crippen LogP contribution in [-0.2, 0) is 14.3 Å². The van der Waals surface area contributed by atoms with Crippen LogP contribution in [0.2, 0.25) is 0 Å². The number of nitro groups is 1. The highest BCUT2D eigenvalue weighted by molar-refractivity contribution is 5.98. The molecule has 0 unspecified atom stereocenters. The highest BCUT2D eigenvalue weighted by atomic mass is 16.6. The molecule has 0 aliphatic carbocycles. The van der Waals surface area contributed by atoms with Gasteiger partial charge in [0.2, 0.25) is 0 Å². The molecule has 0 bridgehead atoms. The number of esters is 1. The zero-order chi connectivity index (χ0) is 17.4. The van der Waals surface area contributed by atoms with Crippen molar-refractivity contribution in [3.8, 4) is 6.07 Å². The summed E-state index contributed by atoms with van der Waals surface area (Å²) in [5.41, 5.74) is 0.428. The number of anilines is 1. The van der Waals surface area contributed by atoms with E-state index in [0.717, 1.165) is 0 Å². The Morgan fingerprint density at radius 3 is 2.65 bits per heavy atom. The molecule has 0 aromatic heterocycles. The van der Waals surface area contributed by atoms with Crippen LogP contribution in [0.15, 0.2) is 23.8 Å².